The highest BCUT2D eigenvalue weighted by molar-refractivity contribution is 5.92. The van der Waals surface area contributed by atoms with Crippen LogP contribution in [0.2, 0.25) is 0 Å². The zero-order valence-electron chi connectivity index (χ0n) is 13.6. The number of benzene rings is 1. The summed E-state index contributed by atoms with van der Waals surface area (Å²) < 4.78 is 10.0. The number of hydrogen-bond acceptors (Lipinski definition) is 5. The number of carbonyl (C=O) groups excluding carboxylic acids is 1. The molecule has 0 amide bonds. The van der Waals surface area contributed by atoms with Gasteiger partial charge in [0.25, 0.3) is 0 Å². The number of ether oxygens (including phenoxy) is 2. The highest BCUT2D eigenvalue weighted by atomic mass is 16.5. The molecule has 0 bridgehead atoms. The molecule has 0 fully saturated rings. The second-order valence-corrected chi connectivity index (χ2v) is 5.58. The minimum Gasteiger partial charge on any atom is -0.480 e. The van der Waals surface area contributed by atoms with Crippen LogP contribution in [0.25, 0.3) is 0 Å². The molecule has 1 aromatic heterocycles. The third-order valence-electron chi connectivity index (χ3n) is 4.37. The molecule has 1 aliphatic carbocycles. The first-order chi connectivity index (χ1) is 11.2. The van der Waals surface area contributed by atoms with E-state index in [0.717, 1.165) is 18.7 Å². The molecule has 5 nitrogen and oxygen atoms in total. The summed E-state index contributed by atoms with van der Waals surface area (Å²) in [5.74, 6) is 0.610. The van der Waals surface area contributed by atoms with Crippen molar-refractivity contribution in [1.82, 2.24) is 4.98 Å². The van der Waals surface area contributed by atoms with Crippen molar-refractivity contribution < 1.29 is 14.3 Å². The van der Waals surface area contributed by atoms with Gasteiger partial charge in [0.1, 0.15) is 11.4 Å². The van der Waals surface area contributed by atoms with Crippen LogP contribution in [0, 0.1) is 0 Å². The van der Waals surface area contributed by atoms with Crippen molar-refractivity contribution >= 4 is 11.8 Å². The summed E-state index contributed by atoms with van der Waals surface area (Å²) in [7, 11) is 4.87. The van der Waals surface area contributed by atoms with Gasteiger partial charge < -0.3 is 14.4 Å². The molecule has 0 saturated heterocycles. The fraction of sp³-hybridized carbons (Fsp3) is 0.333. The fourth-order valence-electron chi connectivity index (χ4n) is 3.14. The van der Waals surface area contributed by atoms with E-state index in [9.17, 15) is 4.79 Å². The number of aryl methyl sites for hydroxylation is 1. The van der Waals surface area contributed by atoms with Gasteiger partial charge in [-0.2, -0.15) is 4.98 Å². The topological polar surface area (TPSA) is 51.7 Å². The second-order valence-electron chi connectivity index (χ2n) is 5.58. The molecule has 1 aromatic carbocycles. The molecule has 5 heteroatoms. The van der Waals surface area contributed by atoms with E-state index in [1.165, 1.54) is 25.3 Å². The maximum absolute atomic E-state index is 11.7. The van der Waals surface area contributed by atoms with Crippen LogP contribution in [-0.4, -0.2) is 32.2 Å². The maximum Gasteiger partial charge on any atom is 0.343 e. The van der Waals surface area contributed by atoms with E-state index in [0.29, 0.717) is 5.56 Å². The largest absolute Gasteiger partial charge is 0.480 e. The van der Waals surface area contributed by atoms with Crippen molar-refractivity contribution in [3.05, 3.63) is 53.1 Å². The standard InChI is InChI=1S/C18H20N2O3/c1-20(15-10-8-12-6-4-5-7-13(12)15)16-11-9-14(18(21)23-3)17(19-16)22-2/h4-7,9,11,15H,8,10H2,1-3H3. The Morgan fingerprint density at radius 1 is 1.22 bits per heavy atom. The van der Waals surface area contributed by atoms with Gasteiger partial charge in [0, 0.05) is 7.05 Å². The lowest BCUT2D eigenvalue weighted by atomic mass is 10.1. The molecule has 0 aliphatic heterocycles. The number of nitrogens with zero attached hydrogens (tertiary/aromatic N) is 2. The lowest BCUT2D eigenvalue weighted by Crippen LogP contribution is -2.23. The van der Waals surface area contributed by atoms with Crippen LogP contribution in [0.15, 0.2) is 36.4 Å². The highest BCUT2D eigenvalue weighted by Crippen LogP contribution is 2.37. The van der Waals surface area contributed by atoms with E-state index in [2.05, 4.69) is 34.1 Å². The van der Waals surface area contributed by atoms with Gasteiger partial charge in [-0.05, 0) is 36.1 Å². The molecule has 0 spiro atoms. The van der Waals surface area contributed by atoms with Gasteiger partial charge in [0.2, 0.25) is 5.88 Å². The predicted octanol–water partition coefficient (Wildman–Crippen LogP) is 3.00. The number of pyridine rings is 1. The summed E-state index contributed by atoms with van der Waals surface area (Å²) in [4.78, 5) is 18.4. The Morgan fingerprint density at radius 2 is 2.00 bits per heavy atom. The molecule has 1 aliphatic rings. The fourth-order valence-corrected chi connectivity index (χ4v) is 3.14. The van der Waals surface area contributed by atoms with Gasteiger partial charge in [0.05, 0.1) is 20.3 Å². The Balaban J connectivity index is 1.92. The molecule has 3 rings (SSSR count). The molecule has 23 heavy (non-hydrogen) atoms. The average molecular weight is 312 g/mol. The Kier molecular flexibility index (Phi) is 4.19. The molecule has 2 aromatic rings. The van der Waals surface area contributed by atoms with Crippen LogP contribution in [0.4, 0.5) is 5.82 Å². The van der Waals surface area contributed by atoms with Crippen molar-refractivity contribution in [2.24, 2.45) is 0 Å². The lowest BCUT2D eigenvalue weighted by Gasteiger charge is -2.27. The molecular weight excluding hydrogens is 292 g/mol. The molecule has 0 saturated carbocycles. The summed E-state index contributed by atoms with van der Waals surface area (Å²) in [6.07, 6.45) is 2.13. The van der Waals surface area contributed by atoms with Gasteiger partial charge in [-0.3, -0.25) is 0 Å². The molecule has 1 heterocycles. The smallest absolute Gasteiger partial charge is 0.343 e. The van der Waals surface area contributed by atoms with Crippen molar-refractivity contribution in [3.8, 4) is 5.88 Å². The normalized spacial score (nSPS) is 15.9. The number of hydrogen-bond donors (Lipinski definition) is 0. The number of esters is 1. The lowest BCUT2D eigenvalue weighted by molar-refractivity contribution is 0.0596. The van der Waals surface area contributed by atoms with E-state index in [1.54, 1.807) is 6.07 Å². The zero-order valence-corrected chi connectivity index (χ0v) is 13.6. The van der Waals surface area contributed by atoms with Crippen LogP contribution in [0.5, 0.6) is 5.88 Å². The summed E-state index contributed by atoms with van der Waals surface area (Å²) in [5, 5.41) is 0. The number of fused-ring (bicyclic) bond motifs is 1. The van der Waals surface area contributed by atoms with Gasteiger partial charge >= 0.3 is 5.97 Å². The van der Waals surface area contributed by atoms with Gasteiger partial charge in [-0.15, -0.1) is 0 Å². The SMILES string of the molecule is COC(=O)c1ccc(N(C)C2CCc3ccccc32)nc1OC. The first kappa shape index (κ1) is 15.3. The number of methoxy groups -OCH3 is 2. The summed E-state index contributed by atoms with van der Waals surface area (Å²) in [5.41, 5.74) is 3.06. The van der Waals surface area contributed by atoms with Crippen LogP contribution in [0.1, 0.15) is 33.9 Å². The highest BCUT2D eigenvalue weighted by Gasteiger charge is 2.27. The van der Waals surface area contributed by atoms with Crippen molar-refractivity contribution in [3.63, 3.8) is 0 Å². The van der Waals surface area contributed by atoms with Crippen molar-refractivity contribution in [1.29, 1.82) is 0 Å². The Bertz CT molecular complexity index is 730. The Morgan fingerprint density at radius 3 is 2.74 bits per heavy atom. The Labute approximate surface area is 135 Å². The van der Waals surface area contributed by atoms with E-state index in [1.807, 2.05) is 13.1 Å². The van der Waals surface area contributed by atoms with E-state index < -0.39 is 5.97 Å². The quantitative estimate of drug-likeness (QED) is 0.812. The average Bonchev–Trinajstić information content (AvgIpc) is 3.03. The number of aromatic nitrogens is 1. The Hall–Kier alpha value is -2.56. The van der Waals surface area contributed by atoms with Gasteiger partial charge in [-0.25, -0.2) is 4.79 Å². The molecule has 1 unspecified atom stereocenters. The summed E-state index contributed by atoms with van der Waals surface area (Å²) in [6, 6.07) is 12.3. The monoisotopic (exact) mass is 312 g/mol. The van der Waals surface area contributed by atoms with Crippen molar-refractivity contribution in [2.45, 2.75) is 18.9 Å². The molecule has 1 atom stereocenters. The van der Waals surface area contributed by atoms with E-state index in [-0.39, 0.29) is 11.9 Å². The number of rotatable bonds is 4. The van der Waals surface area contributed by atoms with Gasteiger partial charge in [0.15, 0.2) is 0 Å². The molecule has 0 N–H and O–H groups in total. The molecule has 0 radical (unpaired) electrons. The summed E-state index contributed by atoms with van der Waals surface area (Å²) in [6.45, 7) is 0. The minimum atomic E-state index is -0.449. The first-order valence-electron chi connectivity index (χ1n) is 7.59. The van der Waals surface area contributed by atoms with Crippen LogP contribution < -0.4 is 9.64 Å². The third-order valence-corrected chi connectivity index (χ3v) is 4.37. The first-order valence-corrected chi connectivity index (χ1v) is 7.59. The maximum atomic E-state index is 11.7. The van der Waals surface area contributed by atoms with Crippen molar-refractivity contribution in [2.75, 3.05) is 26.2 Å². The zero-order chi connectivity index (χ0) is 16.4. The van der Waals surface area contributed by atoms with E-state index in [4.69, 9.17) is 9.47 Å². The van der Waals surface area contributed by atoms with Gasteiger partial charge in [-0.1, -0.05) is 24.3 Å². The van der Waals surface area contributed by atoms with Crippen LogP contribution >= 0.6 is 0 Å². The summed E-state index contributed by atoms with van der Waals surface area (Å²) >= 11 is 0. The van der Waals surface area contributed by atoms with Crippen LogP contribution in [-0.2, 0) is 11.2 Å². The predicted molar refractivity (Wildman–Crippen MR) is 88.0 cm³/mol. The molecule has 120 valence electrons. The number of carbonyl (C=O) groups is 1. The second kappa shape index (κ2) is 6.28. The minimum absolute atomic E-state index is 0.285. The van der Waals surface area contributed by atoms with E-state index >= 15 is 0 Å². The number of anilines is 1. The third kappa shape index (κ3) is 2.74. The van der Waals surface area contributed by atoms with Crippen LogP contribution in [0.3, 0.4) is 0 Å². The molecular formula is C18H20N2O3.